The van der Waals surface area contributed by atoms with Crippen molar-refractivity contribution in [2.24, 2.45) is 0 Å². The zero-order chi connectivity index (χ0) is 42.9. The van der Waals surface area contributed by atoms with Crippen molar-refractivity contribution < 1.29 is 58.5 Å². The van der Waals surface area contributed by atoms with Gasteiger partial charge in [-0.25, -0.2) is 0 Å². The molecule has 342 valence electrons. The van der Waals surface area contributed by atoms with Gasteiger partial charge in [0, 0.05) is 0 Å². The molecule has 0 aromatic rings. The Bertz CT molecular complexity index is 840. The molecule has 0 spiro atoms. The van der Waals surface area contributed by atoms with Crippen molar-refractivity contribution >= 4 is 7.82 Å². The minimum Gasteiger partial charge on any atom is -0.324 e. The Labute approximate surface area is 353 Å². The number of phosphoric acid groups is 1. The molecule has 0 atom stereocenters. The molecule has 0 heterocycles. The van der Waals surface area contributed by atoms with Gasteiger partial charge in [-0.15, -0.1) is 0 Å². The van der Waals surface area contributed by atoms with Gasteiger partial charge < -0.3 is 8.97 Å². The average molecular weight is 997 g/mol. The molecule has 0 aromatic heterocycles. The van der Waals surface area contributed by atoms with Crippen LogP contribution in [0.4, 0.5) is 0 Å². The van der Waals surface area contributed by atoms with Crippen LogP contribution in [0.15, 0.2) is 0 Å². The summed E-state index contributed by atoms with van der Waals surface area (Å²) in [6, 6.07) is 0. The van der Waals surface area contributed by atoms with E-state index < -0.39 is 24.6 Å². The van der Waals surface area contributed by atoms with E-state index in [1.54, 1.807) is 0 Å². The van der Waals surface area contributed by atoms with E-state index in [1.807, 2.05) is 0 Å². The fourth-order valence-electron chi connectivity index (χ4n) is 7.13. The van der Waals surface area contributed by atoms with Crippen LogP contribution in [0.25, 0.3) is 0 Å². The van der Waals surface area contributed by atoms with Gasteiger partial charge in [0.15, 0.2) is 0 Å². The van der Waals surface area contributed by atoms with Gasteiger partial charge in [-0.05, 0) is 51.4 Å². The SMILES string of the molecule is CCCCCCCCCCCC[O][W](=[O])(=[O])[O]OP(=O)([O-])[O-].CCCC[N+](CCCC)(CCCC)CCCC.CCCC[N+](CCCC)(CCCC)CCCC. The van der Waals surface area contributed by atoms with E-state index in [2.05, 4.69) is 73.9 Å². The molecule has 0 aliphatic rings. The van der Waals surface area contributed by atoms with Crippen molar-refractivity contribution in [3.63, 3.8) is 0 Å². The Hall–Kier alpha value is 0.238. The summed E-state index contributed by atoms with van der Waals surface area (Å²) in [6.45, 7) is 32.1. The van der Waals surface area contributed by atoms with Gasteiger partial charge in [0.2, 0.25) is 0 Å². The first-order valence-electron chi connectivity index (χ1n) is 23.7. The molecule has 0 amide bonds. The average Bonchev–Trinajstić information content (AvgIpc) is 3.18. The molecule has 0 unspecified atom stereocenters. The minimum atomic E-state index is -5.93. The van der Waals surface area contributed by atoms with Crippen LogP contribution in [0.2, 0.25) is 0 Å². The quantitative estimate of drug-likeness (QED) is 0.0196. The standard InChI is InChI=1S/2C16H36N.C12H25O.H3O5P.2O.W/c2*1-5-9-13-17(14-10-6-2,15-11-7-3)16-12-8-4;1-2-3-4-5-6-7-8-9-10-11-12-13;1-5-6(2,3)4;;;/h2*5-16H2,1-4H3;2-12H2,1H3;1H,(H2,2,3,4);;;/q2*+1;-1;;;;+2/p-3. The summed E-state index contributed by atoms with van der Waals surface area (Å²) < 4.78 is 46.3. The Morgan fingerprint density at radius 3 is 0.857 bits per heavy atom. The van der Waals surface area contributed by atoms with Crippen molar-refractivity contribution in [3.05, 3.63) is 0 Å². The predicted molar refractivity (Wildman–Crippen MR) is 228 cm³/mol. The summed E-state index contributed by atoms with van der Waals surface area (Å²) in [7, 11) is -5.48. The maximum Gasteiger partial charge on any atom is 0.0786 e. The molecule has 0 rings (SSSR count). The van der Waals surface area contributed by atoms with E-state index in [0.29, 0.717) is 6.42 Å². The van der Waals surface area contributed by atoms with Crippen LogP contribution in [0, 0.1) is 0 Å². The van der Waals surface area contributed by atoms with Gasteiger partial charge in [0.25, 0.3) is 0 Å². The van der Waals surface area contributed by atoms with E-state index in [0.717, 1.165) is 19.3 Å². The van der Waals surface area contributed by atoms with Crippen LogP contribution in [0.3, 0.4) is 0 Å². The summed E-state index contributed by atoms with van der Waals surface area (Å²) in [5.74, 6) is 0. The molecule has 0 aliphatic carbocycles. The summed E-state index contributed by atoms with van der Waals surface area (Å²) in [6.07, 6.45) is 33.0. The van der Waals surface area contributed by atoms with Gasteiger partial charge in [0.05, 0.1) is 52.4 Å². The van der Waals surface area contributed by atoms with Crippen LogP contribution in [0.1, 0.15) is 229 Å². The maximum atomic E-state index is 11.1. The number of hydrogen-bond donors (Lipinski definition) is 0. The van der Waals surface area contributed by atoms with E-state index >= 15 is 0 Å². The molecular weight excluding hydrogens is 899 g/mol. The normalized spacial score (nSPS) is 12.3. The van der Waals surface area contributed by atoms with Gasteiger partial charge in [-0.2, -0.15) is 0 Å². The smallest absolute Gasteiger partial charge is 0.0786 e. The van der Waals surface area contributed by atoms with Gasteiger partial charge in [0.1, 0.15) is 0 Å². The van der Waals surface area contributed by atoms with Gasteiger partial charge in [-0.3, -0.25) is 0 Å². The maximum absolute atomic E-state index is 11.1. The topological polar surface area (TPSA) is 125 Å². The third-order valence-corrected chi connectivity index (χ3v) is 14.0. The van der Waals surface area contributed by atoms with E-state index in [-0.39, 0.29) is 6.61 Å². The van der Waals surface area contributed by atoms with Crippen LogP contribution < -0.4 is 9.79 Å². The number of quaternary nitrogens is 2. The summed E-state index contributed by atoms with van der Waals surface area (Å²) in [4.78, 5) is 20.1. The van der Waals surface area contributed by atoms with E-state index in [4.69, 9.17) is 0 Å². The monoisotopic (exact) mass is 997 g/mol. The largest absolute Gasteiger partial charge is 0.324 e. The van der Waals surface area contributed by atoms with Crippen molar-refractivity contribution in [2.45, 2.75) is 229 Å². The molecule has 12 heteroatoms. The zero-order valence-electron chi connectivity index (χ0n) is 38.8. The summed E-state index contributed by atoms with van der Waals surface area (Å²) in [5, 5.41) is 0. The first-order chi connectivity index (χ1) is 26.8. The molecule has 0 fully saturated rings. The number of nitrogens with zero attached hydrogens (tertiary/aromatic N) is 2. The Morgan fingerprint density at radius 1 is 0.393 bits per heavy atom. The Kier molecular flexibility index (Phi) is 45.4. The third-order valence-electron chi connectivity index (χ3n) is 10.8. The molecule has 0 bridgehead atoms. The van der Waals surface area contributed by atoms with Crippen LogP contribution in [-0.4, -0.2) is 67.9 Å². The molecule has 10 nitrogen and oxygen atoms in total. The van der Waals surface area contributed by atoms with Crippen molar-refractivity contribution in [3.8, 4) is 0 Å². The molecule has 0 radical (unpaired) electrons. The zero-order valence-corrected chi connectivity index (χ0v) is 42.6. The second kappa shape index (κ2) is 42.0. The number of rotatable bonds is 39. The van der Waals surface area contributed by atoms with Crippen molar-refractivity contribution in [2.75, 3.05) is 59.0 Å². The van der Waals surface area contributed by atoms with Crippen LogP contribution in [-0.2, 0) is 39.7 Å². The molecule has 56 heavy (non-hydrogen) atoms. The van der Waals surface area contributed by atoms with Crippen molar-refractivity contribution in [1.82, 2.24) is 0 Å². The van der Waals surface area contributed by atoms with Gasteiger partial charge >= 0.3 is 128 Å². The number of hydrogen-bond acceptors (Lipinski definition) is 8. The predicted octanol–water partition coefficient (Wildman–Crippen LogP) is 12.4. The van der Waals surface area contributed by atoms with Crippen LogP contribution >= 0.6 is 7.82 Å². The summed E-state index contributed by atoms with van der Waals surface area (Å²) in [5.41, 5.74) is 0. The Balaban J connectivity index is -0.000000762. The van der Waals surface area contributed by atoms with E-state index in [1.165, 1.54) is 203 Å². The first kappa shape index (κ1) is 60.5. The molecule has 0 saturated heterocycles. The number of unbranched alkanes of at least 4 members (excludes halogenated alkanes) is 17. The molecule has 0 aliphatic heterocycles. The minimum absolute atomic E-state index is 0.0930. The fraction of sp³-hybridized carbons (Fsp3) is 1.00. The first-order valence-corrected chi connectivity index (χ1v) is 30.0. The van der Waals surface area contributed by atoms with Crippen molar-refractivity contribution in [1.29, 1.82) is 0 Å². The summed E-state index contributed by atoms with van der Waals surface area (Å²) >= 11 is -5.93. The molecule has 0 saturated carbocycles. The molecular formula is C44H97N2O8PW. The second-order valence-electron chi connectivity index (χ2n) is 16.3. The van der Waals surface area contributed by atoms with E-state index in [9.17, 15) is 21.1 Å². The van der Waals surface area contributed by atoms with Crippen LogP contribution in [0.5, 0.6) is 0 Å². The Morgan fingerprint density at radius 2 is 0.625 bits per heavy atom. The molecule has 0 aromatic carbocycles. The fourth-order valence-corrected chi connectivity index (χ4v) is 10.2. The van der Waals surface area contributed by atoms with Gasteiger partial charge in [-0.1, -0.05) is 114 Å². The second-order valence-corrected chi connectivity index (χ2v) is 21.6. The molecule has 0 N–H and O–H groups in total. The third kappa shape index (κ3) is 41.0.